The molecule has 0 aliphatic carbocycles. The Bertz CT molecular complexity index is 897. The number of hydrogen-bond donors (Lipinski definition) is 0. The molecule has 0 radical (unpaired) electrons. The van der Waals surface area contributed by atoms with Crippen LogP contribution in [0.2, 0.25) is 0 Å². The van der Waals surface area contributed by atoms with E-state index in [1.165, 1.54) is 11.1 Å². The van der Waals surface area contributed by atoms with Crippen LogP contribution in [0.3, 0.4) is 0 Å². The fourth-order valence-corrected chi connectivity index (χ4v) is 2.99. The van der Waals surface area contributed by atoms with Crippen molar-refractivity contribution in [3.8, 4) is 17.2 Å². The summed E-state index contributed by atoms with van der Waals surface area (Å²) in [6.07, 6.45) is 0.902. The van der Waals surface area contributed by atoms with Gasteiger partial charge in [0.1, 0.15) is 17.2 Å². The van der Waals surface area contributed by atoms with Gasteiger partial charge < -0.3 is 14.2 Å². The van der Waals surface area contributed by atoms with Gasteiger partial charge in [-0.3, -0.25) is 0 Å². The van der Waals surface area contributed by atoms with Gasteiger partial charge in [0.25, 0.3) is 0 Å². The Kier molecular flexibility index (Phi) is 6.33. The van der Waals surface area contributed by atoms with Crippen LogP contribution in [0.25, 0.3) is 0 Å². The molecule has 0 aliphatic heterocycles. The smallest absolute Gasteiger partial charge is 0.343 e. The van der Waals surface area contributed by atoms with Gasteiger partial charge in [0.2, 0.25) is 0 Å². The Hall–Kier alpha value is -3.27. The lowest BCUT2D eigenvalue weighted by atomic mass is 9.94. The Morgan fingerprint density at radius 2 is 1.25 bits per heavy atom. The minimum Gasteiger partial charge on any atom is -0.497 e. The second-order valence-electron chi connectivity index (χ2n) is 6.64. The van der Waals surface area contributed by atoms with Crippen LogP contribution in [0.15, 0.2) is 72.8 Å². The molecule has 1 unspecified atom stereocenters. The molecule has 0 aliphatic rings. The molecular formula is C24H24O4. The number of carbonyl (C=O) groups is 1. The zero-order valence-corrected chi connectivity index (χ0v) is 16.3. The van der Waals surface area contributed by atoms with E-state index in [2.05, 4.69) is 19.1 Å². The third kappa shape index (κ3) is 4.92. The zero-order valence-electron chi connectivity index (χ0n) is 16.3. The van der Waals surface area contributed by atoms with Gasteiger partial charge in [-0.05, 0) is 72.0 Å². The van der Waals surface area contributed by atoms with Crippen molar-refractivity contribution in [2.45, 2.75) is 19.3 Å². The fraction of sp³-hybridized carbons (Fsp3) is 0.208. The van der Waals surface area contributed by atoms with Gasteiger partial charge in [-0.25, -0.2) is 4.79 Å². The first-order valence-electron chi connectivity index (χ1n) is 9.18. The highest BCUT2D eigenvalue weighted by Crippen LogP contribution is 2.24. The van der Waals surface area contributed by atoms with Gasteiger partial charge in [-0.15, -0.1) is 0 Å². The van der Waals surface area contributed by atoms with Crippen molar-refractivity contribution in [2.75, 3.05) is 14.2 Å². The molecule has 0 aromatic heterocycles. The van der Waals surface area contributed by atoms with Crippen molar-refractivity contribution in [3.05, 3.63) is 89.5 Å². The van der Waals surface area contributed by atoms with E-state index in [-0.39, 0.29) is 5.97 Å². The summed E-state index contributed by atoms with van der Waals surface area (Å²) in [4.78, 5) is 12.2. The number of esters is 1. The van der Waals surface area contributed by atoms with Gasteiger partial charge in [0.15, 0.2) is 0 Å². The lowest BCUT2D eigenvalue weighted by molar-refractivity contribution is 0.0734. The maximum atomic E-state index is 12.2. The normalized spacial score (nSPS) is 11.5. The number of methoxy groups -OCH3 is 2. The largest absolute Gasteiger partial charge is 0.497 e. The SMILES string of the molecule is COc1ccc(C(=O)Oc2ccc(CC(C)c3ccc(OC)cc3)cc2)cc1. The number of benzene rings is 3. The number of rotatable bonds is 7. The zero-order chi connectivity index (χ0) is 19.9. The van der Waals surface area contributed by atoms with E-state index in [0.717, 1.165) is 12.2 Å². The number of hydrogen-bond acceptors (Lipinski definition) is 4. The second kappa shape index (κ2) is 9.09. The van der Waals surface area contributed by atoms with Crippen molar-refractivity contribution in [2.24, 2.45) is 0 Å². The molecule has 0 N–H and O–H groups in total. The van der Waals surface area contributed by atoms with Crippen molar-refractivity contribution >= 4 is 5.97 Å². The molecule has 0 heterocycles. The fourth-order valence-electron chi connectivity index (χ4n) is 2.99. The summed E-state index contributed by atoms with van der Waals surface area (Å²) in [5.74, 6) is 2.08. The van der Waals surface area contributed by atoms with Gasteiger partial charge >= 0.3 is 5.97 Å². The van der Waals surface area contributed by atoms with E-state index in [1.807, 2.05) is 36.4 Å². The first-order chi connectivity index (χ1) is 13.6. The summed E-state index contributed by atoms with van der Waals surface area (Å²) in [6, 6.07) is 22.6. The summed E-state index contributed by atoms with van der Waals surface area (Å²) in [7, 11) is 3.26. The average Bonchev–Trinajstić information content (AvgIpc) is 2.75. The van der Waals surface area contributed by atoms with Crippen molar-refractivity contribution < 1.29 is 19.0 Å². The lowest BCUT2D eigenvalue weighted by Gasteiger charge is -2.13. The predicted molar refractivity (Wildman–Crippen MR) is 110 cm³/mol. The molecule has 3 aromatic rings. The van der Waals surface area contributed by atoms with Crippen LogP contribution in [0, 0.1) is 0 Å². The van der Waals surface area contributed by atoms with Crippen LogP contribution < -0.4 is 14.2 Å². The van der Waals surface area contributed by atoms with Crippen molar-refractivity contribution in [1.82, 2.24) is 0 Å². The molecule has 3 rings (SSSR count). The van der Waals surface area contributed by atoms with Gasteiger partial charge in [-0.2, -0.15) is 0 Å². The molecule has 4 heteroatoms. The monoisotopic (exact) mass is 376 g/mol. The summed E-state index contributed by atoms with van der Waals surface area (Å²) in [6.45, 7) is 2.19. The Morgan fingerprint density at radius 3 is 1.79 bits per heavy atom. The van der Waals surface area contributed by atoms with Crippen molar-refractivity contribution in [1.29, 1.82) is 0 Å². The van der Waals surface area contributed by atoms with Crippen molar-refractivity contribution in [3.63, 3.8) is 0 Å². The summed E-state index contributed by atoms with van der Waals surface area (Å²) >= 11 is 0. The highest BCUT2D eigenvalue weighted by molar-refractivity contribution is 5.91. The minimum atomic E-state index is -0.387. The third-order valence-corrected chi connectivity index (χ3v) is 4.69. The molecular weight excluding hydrogens is 352 g/mol. The standard InChI is InChI=1S/C24H24O4/c1-17(19-6-12-21(26-2)13-7-19)16-18-4-10-23(11-5-18)28-24(25)20-8-14-22(27-3)15-9-20/h4-15,17H,16H2,1-3H3. The molecule has 0 saturated carbocycles. The van der Waals surface area contributed by atoms with E-state index in [9.17, 15) is 4.79 Å². The lowest BCUT2D eigenvalue weighted by Crippen LogP contribution is -2.08. The van der Waals surface area contributed by atoms with Gasteiger partial charge in [-0.1, -0.05) is 31.2 Å². The van der Waals surface area contributed by atoms with E-state index in [1.54, 1.807) is 38.5 Å². The first kappa shape index (κ1) is 19.5. The maximum absolute atomic E-state index is 12.2. The molecule has 3 aromatic carbocycles. The second-order valence-corrected chi connectivity index (χ2v) is 6.64. The summed E-state index contributed by atoms with van der Waals surface area (Å²) < 4.78 is 15.8. The molecule has 0 fully saturated rings. The van der Waals surface area contributed by atoms with E-state index in [4.69, 9.17) is 14.2 Å². The number of ether oxygens (including phenoxy) is 3. The minimum absolute atomic E-state index is 0.374. The predicted octanol–water partition coefficient (Wildman–Crippen LogP) is 5.27. The molecule has 4 nitrogen and oxygen atoms in total. The van der Waals surface area contributed by atoms with Crippen LogP contribution in [-0.4, -0.2) is 20.2 Å². The number of carbonyl (C=O) groups excluding carboxylic acids is 1. The highest BCUT2D eigenvalue weighted by atomic mass is 16.5. The van der Waals surface area contributed by atoms with Crippen LogP contribution in [0.1, 0.15) is 34.3 Å². The Balaban J connectivity index is 1.59. The third-order valence-electron chi connectivity index (χ3n) is 4.69. The Labute approximate surface area is 165 Å². The average molecular weight is 376 g/mol. The molecule has 144 valence electrons. The topological polar surface area (TPSA) is 44.8 Å². The summed E-state index contributed by atoms with van der Waals surface area (Å²) in [5, 5.41) is 0. The quantitative estimate of drug-likeness (QED) is 0.416. The molecule has 1 atom stereocenters. The van der Waals surface area contributed by atoms with E-state index >= 15 is 0 Å². The van der Waals surface area contributed by atoms with Crippen LogP contribution in [0.4, 0.5) is 0 Å². The van der Waals surface area contributed by atoms with Gasteiger partial charge in [0.05, 0.1) is 19.8 Å². The van der Waals surface area contributed by atoms with Crippen LogP contribution in [-0.2, 0) is 6.42 Å². The van der Waals surface area contributed by atoms with Gasteiger partial charge in [0, 0.05) is 0 Å². The summed E-state index contributed by atoms with van der Waals surface area (Å²) in [5.41, 5.74) is 2.93. The molecule has 0 spiro atoms. The van der Waals surface area contributed by atoms with E-state index in [0.29, 0.717) is 23.0 Å². The highest BCUT2D eigenvalue weighted by Gasteiger charge is 2.10. The molecule has 0 amide bonds. The van der Waals surface area contributed by atoms with Crippen LogP contribution >= 0.6 is 0 Å². The molecule has 0 saturated heterocycles. The van der Waals surface area contributed by atoms with E-state index < -0.39 is 0 Å². The maximum Gasteiger partial charge on any atom is 0.343 e. The van der Waals surface area contributed by atoms with Crippen LogP contribution in [0.5, 0.6) is 17.2 Å². The first-order valence-corrected chi connectivity index (χ1v) is 9.18. The molecule has 0 bridgehead atoms. The molecule has 28 heavy (non-hydrogen) atoms. The Morgan fingerprint density at radius 1 is 0.750 bits per heavy atom.